The van der Waals surface area contributed by atoms with Gasteiger partial charge in [-0.3, -0.25) is 0 Å². The quantitative estimate of drug-likeness (QED) is 0.163. The van der Waals surface area contributed by atoms with Crippen molar-refractivity contribution >= 4 is 33.2 Å². The van der Waals surface area contributed by atoms with Gasteiger partial charge in [0.15, 0.2) is 0 Å². The number of hydrogen-bond acceptors (Lipinski definition) is 1. The zero-order valence-corrected chi connectivity index (χ0v) is 35.7. The Morgan fingerprint density at radius 3 is 1.94 bits per heavy atom. The number of aromatic nitrogens is 1. The second-order valence-electron chi connectivity index (χ2n) is 18.6. The highest BCUT2D eigenvalue weighted by molar-refractivity contribution is 6.10. The van der Waals surface area contributed by atoms with Crippen LogP contribution in [0.25, 0.3) is 60.9 Å². The molecule has 2 heteroatoms. The molecule has 298 valence electrons. The van der Waals surface area contributed by atoms with Crippen molar-refractivity contribution in [2.75, 3.05) is 4.90 Å². The lowest BCUT2D eigenvalue weighted by atomic mass is 9.74. The molecule has 0 N–H and O–H groups in total. The highest BCUT2D eigenvalue weighted by atomic mass is 15.1. The van der Waals surface area contributed by atoms with Crippen molar-refractivity contribution in [2.45, 2.75) is 44.4 Å². The van der Waals surface area contributed by atoms with Crippen LogP contribution in [0.4, 0.5) is 11.4 Å². The summed E-state index contributed by atoms with van der Waals surface area (Å²) < 4.78 is 2.39. The summed E-state index contributed by atoms with van der Waals surface area (Å²) in [6.07, 6.45) is 7.41. The largest absolute Gasteiger partial charge is 0.311 e. The van der Waals surface area contributed by atoms with Crippen molar-refractivity contribution in [1.82, 2.24) is 4.57 Å². The number of anilines is 2. The summed E-state index contributed by atoms with van der Waals surface area (Å²) in [5.41, 5.74) is 20.2. The second-order valence-corrected chi connectivity index (χ2v) is 18.6. The number of fused-ring (bicyclic) bond motifs is 9. The molecule has 8 aromatic carbocycles. The summed E-state index contributed by atoms with van der Waals surface area (Å²) in [5, 5.41) is 2.54. The summed E-state index contributed by atoms with van der Waals surface area (Å²) in [7, 11) is 0. The summed E-state index contributed by atoms with van der Waals surface area (Å²) >= 11 is 0. The van der Waals surface area contributed by atoms with E-state index >= 15 is 0 Å². The van der Waals surface area contributed by atoms with Crippen LogP contribution in [0, 0.1) is 5.92 Å². The third-order valence-corrected chi connectivity index (χ3v) is 14.5. The molecule has 9 aromatic rings. The summed E-state index contributed by atoms with van der Waals surface area (Å²) in [6.45, 7) is 9.67. The van der Waals surface area contributed by atoms with E-state index in [2.05, 4.69) is 243 Å². The molecule has 3 aliphatic rings. The molecule has 0 spiro atoms. The Balaban J connectivity index is 0.956. The summed E-state index contributed by atoms with van der Waals surface area (Å²) in [6, 6.07) is 69.7. The standard InChI is InChI=1S/C60H48N2/c1-59(2)53-24-13-11-22-47(53)49-31-28-45(37-55(49)59)61(44-21-15-18-40(34-44)39-16-7-5-8-17-39)46-29-32-50-48-30-26-42(36-54(48)60(3,4)56(50)38-46)41-27-33-58-52(35-41)51-23-12-14-25-57(51)62(58)43-19-9-6-10-20-43/h5-38,49,55H,1-4H3. The zero-order chi connectivity index (χ0) is 41.7. The maximum absolute atomic E-state index is 2.56. The van der Waals surface area contributed by atoms with E-state index in [-0.39, 0.29) is 10.8 Å². The van der Waals surface area contributed by atoms with E-state index in [1.165, 1.54) is 94.5 Å². The van der Waals surface area contributed by atoms with Gasteiger partial charge in [0.25, 0.3) is 0 Å². The van der Waals surface area contributed by atoms with E-state index in [4.69, 9.17) is 0 Å². The van der Waals surface area contributed by atoms with Gasteiger partial charge < -0.3 is 9.47 Å². The van der Waals surface area contributed by atoms with Gasteiger partial charge in [-0.05, 0) is 134 Å². The summed E-state index contributed by atoms with van der Waals surface area (Å²) in [5.74, 6) is 0.718. The van der Waals surface area contributed by atoms with Crippen LogP contribution in [0.15, 0.2) is 212 Å². The van der Waals surface area contributed by atoms with E-state index in [9.17, 15) is 0 Å². The Labute approximate surface area is 364 Å². The molecule has 3 aliphatic carbocycles. The fourth-order valence-corrected chi connectivity index (χ4v) is 11.3. The lowest BCUT2D eigenvalue weighted by Gasteiger charge is -2.35. The average Bonchev–Trinajstić information content (AvgIpc) is 3.86. The first-order chi connectivity index (χ1) is 30.3. The smallest absolute Gasteiger partial charge is 0.0541 e. The van der Waals surface area contributed by atoms with E-state index < -0.39 is 0 Å². The van der Waals surface area contributed by atoms with Crippen molar-refractivity contribution < 1.29 is 0 Å². The first-order valence-corrected chi connectivity index (χ1v) is 22.1. The molecule has 0 amide bonds. The van der Waals surface area contributed by atoms with Crippen LogP contribution < -0.4 is 4.90 Å². The molecule has 2 nitrogen and oxygen atoms in total. The van der Waals surface area contributed by atoms with Gasteiger partial charge in [-0.2, -0.15) is 0 Å². The monoisotopic (exact) mass is 796 g/mol. The van der Waals surface area contributed by atoms with E-state index in [1.54, 1.807) is 0 Å². The van der Waals surface area contributed by atoms with Crippen LogP contribution in [-0.4, -0.2) is 4.57 Å². The molecule has 2 atom stereocenters. The Morgan fingerprint density at radius 1 is 0.468 bits per heavy atom. The Hall–Kier alpha value is -7.16. The number of nitrogens with zero attached hydrogens (tertiary/aromatic N) is 2. The predicted molar refractivity (Wildman–Crippen MR) is 261 cm³/mol. The minimum Gasteiger partial charge on any atom is -0.311 e. The fraction of sp³-hybridized carbons (Fsp3) is 0.133. The number of rotatable bonds is 6. The molecule has 1 aromatic heterocycles. The third-order valence-electron chi connectivity index (χ3n) is 14.5. The van der Waals surface area contributed by atoms with Crippen LogP contribution >= 0.6 is 0 Å². The molecule has 0 saturated heterocycles. The SMILES string of the molecule is CC1(C)c2cc(-c3ccc4c(c3)c3ccccc3n4-c3ccccc3)ccc2-c2ccc(N(C3=CC4C(C=C3)c3ccccc3C4(C)C)c3cccc(-c4ccccc4)c3)cc21. The van der Waals surface area contributed by atoms with Gasteiger partial charge in [0.05, 0.1) is 11.0 Å². The van der Waals surface area contributed by atoms with Crippen LogP contribution in [0.2, 0.25) is 0 Å². The van der Waals surface area contributed by atoms with Gasteiger partial charge >= 0.3 is 0 Å². The van der Waals surface area contributed by atoms with Crippen molar-refractivity contribution in [2.24, 2.45) is 5.92 Å². The van der Waals surface area contributed by atoms with Crippen LogP contribution in [0.5, 0.6) is 0 Å². The molecule has 1 heterocycles. The van der Waals surface area contributed by atoms with Gasteiger partial charge in [-0.1, -0.05) is 167 Å². The van der Waals surface area contributed by atoms with Gasteiger partial charge in [0, 0.05) is 44.9 Å². The molecule has 0 fully saturated rings. The minimum atomic E-state index is -0.210. The van der Waals surface area contributed by atoms with Crippen molar-refractivity contribution in [3.05, 3.63) is 234 Å². The Bertz CT molecular complexity index is 3300. The van der Waals surface area contributed by atoms with Crippen LogP contribution in [0.3, 0.4) is 0 Å². The van der Waals surface area contributed by atoms with E-state index in [0.29, 0.717) is 11.8 Å². The van der Waals surface area contributed by atoms with Crippen molar-refractivity contribution in [1.29, 1.82) is 0 Å². The molecule has 2 unspecified atom stereocenters. The first-order valence-electron chi connectivity index (χ1n) is 22.1. The number of allylic oxidation sites excluding steroid dienone is 3. The molecule has 0 aliphatic heterocycles. The van der Waals surface area contributed by atoms with E-state index in [0.717, 1.165) is 5.69 Å². The van der Waals surface area contributed by atoms with Gasteiger partial charge in [0.1, 0.15) is 0 Å². The van der Waals surface area contributed by atoms with Crippen LogP contribution in [-0.2, 0) is 10.8 Å². The van der Waals surface area contributed by atoms with Gasteiger partial charge in [0.2, 0.25) is 0 Å². The van der Waals surface area contributed by atoms with Crippen molar-refractivity contribution in [3.8, 4) is 39.1 Å². The second kappa shape index (κ2) is 13.7. The molecule has 0 saturated carbocycles. The fourth-order valence-electron chi connectivity index (χ4n) is 11.3. The molecular weight excluding hydrogens is 749 g/mol. The maximum Gasteiger partial charge on any atom is 0.0541 e. The molecular formula is C60H48N2. The minimum absolute atomic E-state index is 0.0115. The highest BCUT2D eigenvalue weighted by Gasteiger charge is 2.45. The Morgan fingerprint density at radius 2 is 1.10 bits per heavy atom. The van der Waals surface area contributed by atoms with Crippen molar-refractivity contribution in [3.63, 3.8) is 0 Å². The topological polar surface area (TPSA) is 8.17 Å². The first kappa shape index (κ1) is 36.7. The lowest BCUT2D eigenvalue weighted by Crippen LogP contribution is -2.28. The molecule has 0 radical (unpaired) electrons. The number of para-hydroxylation sites is 2. The van der Waals surface area contributed by atoms with E-state index in [1.807, 2.05) is 0 Å². The maximum atomic E-state index is 2.56. The summed E-state index contributed by atoms with van der Waals surface area (Å²) in [4.78, 5) is 2.50. The predicted octanol–water partition coefficient (Wildman–Crippen LogP) is 15.7. The highest BCUT2D eigenvalue weighted by Crippen LogP contribution is 2.55. The lowest BCUT2D eigenvalue weighted by molar-refractivity contribution is 0.392. The molecule has 12 rings (SSSR count). The Kier molecular flexibility index (Phi) is 8.09. The van der Waals surface area contributed by atoms with Gasteiger partial charge in [-0.25, -0.2) is 0 Å². The van der Waals surface area contributed by atoms with Crippen LogP contribution in [0.1, 0.15) is 55.9 Å². The number of hydrogen-bond donors (Lipinski definition) is 0. The number of benzene rings is 8. The zero-order valence-electron chi connectivity index (χ0n) is 35.7. The third kappa shape index (κ3) is 5.49. The normalized spacial score (nSPS) is 17.6. The molecule has 62 heavy (non-hydrogen) atoms. The van der Waals surface area contributed by atoms with Gasteiger partial charge in [-0.15, -0.1) is 0 Å². The molecule has 0 bridgehead atoms. The average molecular weight is 797 g/mol.